The number of hydrogen-bond donors (Lipinski definition) is 0. The molecule has 2 amide bonds. The number of aryl methyl sites for hydroxylation is 2. The second-order valence-electron chi connectivity index (χ2n) is 22.1. The Bertz CT molecular complexity index is 2530. The number of hydrogen-bond acceptors (Lipinski definition) is 4. The summed E-state index contributed by atoms with van der Waals surface area (Å²) >= 11 is 4.38. The van der Waals surface area contributed by atoms with Gasteiger partial charge in [0.1, 0.15) is 0 Å². The molecule has 0 fully saturated rings. The second kappa shape index (κ2) is 27.6. The Morgan fingerprint density at radius 1 is 0.535 bits per heavy atom. The molecular formula is C62H86N2O2S2Se3. The van der Waals surface area contributed by atoms with E-state index in [9.17, 15) is 0 Å². The summed E-state index contributed by atoms with van der Waals surface area (Å²) in [7, 11) is 0. The molecule has 0 spiro atoms. The summed E-state index contributed by atoms with van der Waals surface area (Å²) in [6.45, 7) is 24.7. The van der Waals surface area contributed by atoms with Crippen LogP contribution in [0, 0.1) is 35.5 Å². The van der Waals surface area contributed by atoms with E-state index in [2.05, 4.69) is 133 Å². The van der Waals surface area contributed by atoms with Gasteiger partial charge in [-0.25, -0.2) is 0 Å². The molecule has 0 N–H and O–H groups in total. The summed E-state index contributed by atoms with van der Waals surface area (Å²) in [6.07, 6.45) is 21.6. The summed E-state index contributed by atoms with van der Waals surface area (Å²) in [5.74, 6) is 3.85. The molecule has 2 aliphatic heterocycles. The number of nitrogens with zero attached hydrogens (tertiary/aromatic N) is 2. The van der Waals surface area contributed by atoms with Gasteiger partial charge in [-0.05, 0) is 0 Å². The van der Waals surface area contributed by atoms with Crippen LogP contribution in [0.25, 0.3) is 38.5 Å². The first-order valence-electron chi connectivity index (χ1n) is 27.9. The van der Waals surface area contributed by atoms with Crippen LogP contribution in [0.1, 0.15) is 193 Å². The number of unbranched alkanes of at least 4 members (excludes halogenated alkanes) is 2. The first-order chi connectivity index (χ1) is 34.3. The van der Waals surface area contributed by atoms with Crippen molar-refractivity contribution in [2.24, 2.45) is 35.5 Å². The standard InChI is InChI=1S/C62H86N2O2S2Se3/c1-11-15-24-45(13-3)39-63-57(50-26-19-36-67-50)55-56(62(63)66)58(64(61(55)65)40-46(14-4)25-16-12-2)51-32-31-49(68-51)54-38-48(30-28-44(10)23-18-21-42(7)8)60(71-54)53-34-33-52(70-53)59-47(35-37-69-59)29-27-43(9)22-17-20-41(5)6/h19,26,31-38,41-46H,11-18,20-25,27-30,39-40H2,1-10H3. The van der Waals surface area contributed by atoms with E-state index in [0.717, 1.165) is 96.7 Å². The van der Waals surface area contributed by atoms with Crippen molar-refractivity contribution in [1.82, 2.24) is 9.80 Å². The van der Waals surface area contributed by atoms with Crippen LogP contribution in [0.4, 0.5) is 0 Å². The number of rotatable bonds is 31. The van der Waals surface area contributed by atoms with Crippen LogP contribution < -0.4 is 0 Å². The number of fused-ring (bicyclic) bond motifs is 1. The fraction of sp³-hybridized carbons (Fsp3) is 0.581. The van der Waals surface area contributed by atoms with Crippen molar-refractivity contribution in [3.8, 4) is 27.1 Å². The molecule has 0 saturated carbocycles. The van der Waals surface area contributed by atoms with Crippen LogP contribution in [-0.4, -0.2) is 78.2 Å². The Morgan fingerprint density at radius 2 is 1.08 bits per heavy atom. The van der Waals surface area contributed by atoms with E-state index >= 15 is 9.59 Å². The van der Waals surface area contributed by atoms with E-state index in [-0.39, 0.29) is 26.3 Å². The fourth-order valence-corrected chi connectivity index (χ4v) is 20.9. The maximum atomic E-state index is 15.2. The number of amides is 2. The quantitative estimate of drug-likeness (QED) is 0.0415. The number of thiophene rings is 2. The Kier molecular flexibility index (Phi) is 21.9. The van der Waals surface area contributed by atoms with Gasteiger partial charge in [-0.3, -0.25) is 0 Å². The van der Waals surface area contributed by atoms with Crippen molar-refractivity contribution in [1.29, 1.82) is 0 Å². The molecule has 9 heteroatoms. The molecule has 0 radical (unpaired) electrons. The van der Waals surface area contributed by atoms with Crippen LogP contribution in [0.2, 0.25) is 0 Å². The number of carbonyl (C=O) groups excluding carboxylic acids is 2. The normalized spacial score (nSPS) is 15.9. The van der Waals surface area contributed by atoms with Crippen molar-refractivity contribution in [3.63, 3.8) is 0 Å². The summed E-state index contributed by atoms with van der Waals surface area (Å²) in [5, 5.41) is 2.09. The SMILES string of the molecule is CCCCC(CC)CN1C(=O)C2=C(c3ccc(-c4cc(CCC(C)CCCC(C)C)c(-c5ccc(-c6[se]ccc6CCC(C)CCCC(C)C)[se]5)[se]4)s3)N(CC(CC)CCCC)C(=O)C2=C1c1cccs1. The van der Waals surface area contributed by atoms with Gasteiger partial charge in [-0.2, -0.15) is 0 Å². The van der Waals surface area contributed by atoms with E-state index in [1.54, 1.807) is 40.2 Å². The van der Waals surface area contributed by atoms with Crippen molar-refractivity contribution < 1.29 is 9.59 Å². The summed E-state index contributed by atoms with van der Waals surface area (Å²) in [6, 6.07) is 18.8. The third-order valence-corrected chi connectivity index (χ3v) is 26.0. The Hall–Kier alpha value is -2.18. The van der Waals surface area contributed by atoms with Gasteiger partial charge in [-0.1, -0.05) is 13.3 Å². The number of carbonyl (C=O) groups is 2. The third kappa shape index (κ3) is 14.4. The molecule has 4 nitrogen and oxygen atoms in total. The van der Waals surface area contributed by atoms with Gasteiger partial charge in [0.05, 0.1) is 0 Å². The molecule has 4 unspecified atom stereocenters. The van der Waals surface area contributed by atoms with E-state index < -0.39 is 0 Å². The van der Waals surface area contributed by atoms with Crippen molar-refractivity contribution in [3.05, 3.63) is 90.9 Å². The molecule has 7 heterocycles. The van der Waals surface area contributed by atoms with Gasteiger partial charge < -0.3 is 0 Å². The maximum absolute atomic E-state index is 15.2. The molecule has 386 valence electrons. The topological polar surface area (TPSA) is 40.6 Å². The van der Waals surface area contributed by atoms with Crippen LogP contribution in [0.15, 0.2) is 70.0 Å². The Balaban J connectivity index is 1.25. The van der Waals surface area contributed by atoms with Crippen LogP contribution in [0.3, 0.4) is 0 Å². The molecule has 0 aromatic carbocycles. The minimum absolute atomic E-state index is 0.0192. The summed E-state index contributed by atoms with van der Waals surface area (Å²) in [4.78, 5) is 40.4. The molecule has 0 saturated heterocycles. The predicted molar refractivity (Wildman–Crippen MR) is 312 cm³/mol. The minimum atomic E-state index is 0.0192. The molecule has 71 heavy (non-hydrogen) atoms. The van der Waals surface area contributed by atoms with Gasteiger partial charge in [0, 0.05) is 0 Å². The van der Waals surface area contributed by atoms with Gasteiger partial charge in [0.2, 0.25) is 0 Å². The van der Waals surface area contributed by atoms with Gasteiger partial charge in [0.25, 0.3) is 0 Å². The fourth-order valence-electron chi connectivity index (χ4n) is 10.7. The van der Waals surface area contributed by atoms with Crippen molar-refractivity contribution >= 4 is 89.4 Å². The Morgan fingerprint density at radius 3 is 1.62 bits per heavy atom. The predicted octanol–water partition coefficient (Wildman–Crippen LogP) is 17.0. The van der Waals surface area contributed by atoms with E-state index in [1.807, 2.05) is 16.2 Å². The van der Waals surface area contributed by atoms with Crippen molar-refractivity contribution in [2.45, 2.75) is 185 Å². The zero-order valence-corrected chi connectivity index (χ0v) is 51.9. The first kappa shape index (κ1) is 56.5. The van der Waals surface area contributed by atoms with Crippen molar-refractivity contribution in [2.75, 3.05) is 13.1 Å². The average molecular weight is 1190 g/mol. The second-order valence-corrected chi connectivity index (χ2v) is 30.5. The molecular weight excluding hydrogens is 1110 g/mol. The zero-order valence-electron chi connectivity index (χ0n) is 45.1. The van der Waals surface area contributed by atoms with Gasteiger partial charge in [0.15, 0.2) is 0 Å². The van der Waals surface area contributed by atoms with E-state index in [0.29, 0.717) is 71.0 Å². The van der Waals surface area contributed by atoms with E-state index in [4.69, 9.17) is 0 Å². The Labute approximate surface area is 456 Å². The molecule has 0 aliphatic carbocycles. The summed E-state index contributed by atoms with van der Waals surface area (Å²) < 4.78 is 7.98. The molecule has 0 bridgehead atoms. The van der Waals surface area contributed by atoms with E-state index in [1.165, 1.54) is 67.1 Å². The van der Waals surface area contributed by atoms with Crippen LogP contribution in [-0.2, 0) is 22.4 Å². The molecule has 5 aromatic heterocycles. The molecule has 2 aliphatic rings. The monoisotopic (exact) mass is 1190 g/mol. The average Bonchev–Trinajstić information content (AvgIpc) is 4.22. The molecule has 5 aromatic rings. The van der Waals surface area contributed by atoms with Crippen LogP contribution >= 0.6 is 22.7 Å². The van der Waals surface area contributed by atoms with Gasteiger partial charge >= 0.3 is 447 Å². The zero-order chi connectivity index (χ0) is 50.6. The molecule has 4 atom stereocenters. The first-order valence-corrected chi connectivity index (χ1v) is 34.9. The van der Waals surface area contributed by atoms with Gasteiger partial charge in [-0.15, -0.1) is 0 Å². The third-order valence-electron chi connectivity index (χ3n) is 15.4. The molecule has 7 rings (SSSR count). The summed E-state index contributed by atoms with van der Waals surface area (Å²) in [5.41, 5.74) is 6.19. The van der Waals surface area contributed by atoms with Crippen LogP contribution in [0.5, 0.6) is 0 Å².